The maximum Gasteiger partial charge on any atom is 0.0991 e. The van der Waals surface area contributed by atoms with Crippen LogP contribution < -0.4 is 5.14 Å². The van der Waals surface area contributed by atoms with Crippen LogP contribution >= 0.6 is 0 Å². The number of rotatable bonds is 5. The molecule has 3 nitrogen and oxygen atoms in total. The third-order valence-electron chi connectivity index (χ3n) is 3.26. The lowest BCUT2D eigenvalue weighted by Crippen LogP contribution is -2.33. The summed E-state index contributed by atoms with van der Waals surface area (Å²) in [6.45, 7) is 5.93. The van der Waals surface area contributed by atoms with Gasteiger partial charge in [-0.15, -0.1) is 0 Å². The van der Waals surface area contributed by atoms with Crippen LogP contribution in [-0.2, 0) is 11.0 Å². The smallest absolute Gasteiger partial charge is 0.0991 e. The van der Waals surface area contributed by atoms with Crippen molar-refractivity contribution in [2.45, 2.75) is 44.3 Å². The van der Waals surface area contributed by atoms with Crippen LogP contribution in [0.1, 0.15) is 50.7 Å². The Labute approximate surface area is 112 Å². The molecule has 0 bridgehead atoms. The van der Waals surface area contributed by atoms with Crippen LogP contribution in [0.3, 0.4) is 0 Å². The first-order valence-electron chi connectivity index (χ1n) is 6.07. The zero-order valence-electron chi connectivity index (χ0n) is 11.1. The number of nitrogens with zero attached hydrogens (tertiary/aromatic N) is 1. The summed E-state index contributed by atoms with van der Waals surface area (Å²) < 4.78 is 11.1. The third-order valence-corrected chi connectivity index (χ3v) is 4.52. The minimum atomic E-state index is -1.34. The molecule has 1 unspecified atom stereocenters. The van der Waals surface area contributed by atoms with Gasteiger partial charge in [0.2, 0.25) is 0 Å². The van der Waals surface area contributed by atoms with Crippen LogP contribution in [0.5, 0.6) is 0 Å². The molecule has 0 amide bonds. The minimum Gasteiger partial charge on any atom is -0.251 e. The number of benzene rings is 1. The van der Waals surface area contributed by atoms with Gasteiger partial charge in [0.05, 0.1) is 27.4 Å². The molecular weight excluding hydrogens is 244 g/mol. The van der Waals surface area contributed by atoms with Crippen molar-refractivity contribution in [2.24, 2.45) is 5.14 Å². The predicted octanol–water partition coefficient (Wildman–Crippen LogP) is 2.84. The van der Waals surface area contributed by atoms with E-state index < -0.39 is 15.7 Å². The van der Waals surface area contributed by atoms with Crippen molar-refractivity contribution in [2.75, 3.05) is 0 Å². The molecule has 0 fully saturated rings. The maximum atomic E-state index is 11.5. The van der Waals surface area contributed by atoms with Crippen molar-refractivity contribution in [3.8, 4) is 6.07 Å². The molecule has 0 aliphatic carbocycles. The second kappa shape index (κ2) is 6.12. The molecule has 0 radical (unpaired) electrons. The molecule has 0 spiro atoms. The van der Waals surface area contributed by atoms with Crippen molar-refractivity contribution >= 4 is 11.0 Å². The van der Waals surface area contributed by atoms with Gasteiger partial charge < -0.3 is 0 Å². The molecule has 2 atom stereocenters. The minimum absolute atomic E-state index is 0.279. The van der Waals surface area contributed by atoms with Crippen LogP contribution in [0.25, 0.3) is 0 Å². The average Bonchev–Trinajstić information content (AvgIpc) is 2.35. The predicted molar refractivity (Wildman–Crippen MR) is 75.2 cm³/mol. The lowest BCUT2D eigenvalue weighted by molar-refractivity contribution is 0.507. The molecule has 1 rings (SSSR count). The van der Waals surface area contributed by atoms with Gasteiger partial charge in [0, 0.05) is 0 Å². The molecule has 0 aliphatic rings. The van der Waals surface area contributed by atoms with Gasteiger partial charge in [0.1, 0.15) is 0 Å². The summed E-state index contributed by atoms with van der Waals surface area (Å²) in [7, 11) is -1.34. The SMILES string of the molecule is CC[C@@H](CC(C)(C)S(N)=O)c1cccc(C#N)c1. The van der Waals surface area contributed by atoms with E-state index in [-0.39, 0.29) is 5.92 Å². The van der Waals surface area contributed by atoms with Crippen LogP contribution in [-0.4, -0.2) is 8.96 Å². The van der Waals surface area contributed by atoms with Gasteiger partial charge in [-0.2, -0.15) is 5.26 Å². The van der Waals surface area contributed by atoms with Gasteiger partial charge in [-0.3, -0.25) is 5.14 Å². The fourth-order valence-electron chi connectivity index (χ4n) is 2.04. The van der Waals surface area contributed by atoms with E-state index in [0.29, 0.717) is 5.56 Å². The Hall–Kier alpha value is -1.18. The standard InChI is InChI=1S/C14H20N2OS/c1-4-12(9-14(2,3)18(16)17)13-7-5-6-11(8-13)10-15/h5-8,12H,4,9,16H2,1-3H3/t12-,18?/m0/s1. The number of hydrogen-bond donors (Lipinski definition) is 1. The third kappa shape index (κ3) is 3.66. The Kier molecular flexibility index (Phi) is 5.06. The van der Waals surface area contributed by atoms with Crippen LogP contribution in [0.2, 0.25) is 0 Å². The van der Waals surface area contributed by atoms with E-state index in [1.807, 2.05) is 32.0 Å². The second-order valence-corrected chi connectivity index (χ2v) is 6.80. The Bertz CT molecular complexity index is 477. The first-order chi connectivity index (χ1) is 8.40. The molecule has 0 aliphatic heterocycles. The topological polar surface area (TPSA) is 66.9 Å². The number of nitriles is 1. The molecular formula is C14H20N2OS. The first-order valence-corrected chi connectivity index (χ1v) is 7.28. The summed E-state index contributed by atoms with van der Waals surface area (Å²) in [5, 5.41) is 14.4. The van der Waals surface area contributed by atoms with E-state index in [1.165, 1.54) is 0 Å². The fraction of sp³-hybridized carbons (Fsp3) is 0.500. The number of hydrogen-bond acceptors (Lipinski definition) is 2. The van der Waals surface area contributed by atoms with E-state index in [2.05, 4.69) is 13.0 Å². The number of nitrogens with two attached hydrogens (primary N) is 1. The van der Waals surface area contributed by atoms with E-state index in [0.717, 1.165) is 18.4 Å². The van der Waals surface area contributed by atoms with E-state index in [1.54, 1.807) is 6.07 Å². The van der Waals surface area contributed by atoms with E-state index >= 15 is 0 Å². The summed E-state index contributed by atoms with van der Waals surface area (Å²) in [4.78, 5) is 0. The fourth-order valence-corrected chi connectivity index (χ4v) is 2.40. The average molecular weight is 264 g/mol. The van der Waals surface area contributed by atoms with Gasteiger partial charge in [0.15, 0.2) is 0 Å². The zero-order valence-corrected chi connectivity index (χ0v) is 12.0. The zero-order chi connectivity index (χ0) is 13.8. The van der Waals surface area contributed by atoms with Crippen LogP contribution in [0.15, 0.2) is 24.3 Å². The van der Waals surface area contributed by atoms with Crippen LogP contribution in [0, 0.1) is 11.3 Å². The van der Waals surface area contributed by atoms with Crippen molar-refractivity contribution in [3.63, 3.8) is 0 Å². The van der Waals surface area contributed by atoms with Gasteiger partial charge in [-0.25, -0.2) is 4.21 Å². The largest absolute Gasteiger partial charge is 0.251 e. The molecule has 98 valence electrons. The van der Waals surface area contributed by atoms with Crippen molar-refractivity contribution in [1.29, 1.82) is 5.26 Å². The van der Waals surface area contributed by atoms with Crippen LogP contribution in [0.4, 0.5) is 0 Å². The van der Waals surface area contributed by atoms with E-state index in [4.69, 9.17) is 10.4 Å². The summed E-state index contributed by atoms with van der Waals surface area (Å²) in [5.41, 5.74) is 1.78. The summed E-state index contributed by atoms with van der Waals surface area (Å²) in [6, 6.07) is 9.76. The monoisotopic (exact) mass is 264 g/mol. The molecule has 1 aromatic rings. The molecule has 1 aromatic carbocycles. The molecule has 4 heteroatoms. The van der Waals surface area contributed by atoms with E-state index in [9.17, 15) is 4.21 Å². The van der Waals surface area contributed by atoms with Crippen molar-refractivity contribution in [1.82, 2.24) is 0 Å². The lowest BCUT2D eigenvalue weighted by atomic mass is 9.87. The van der Waals surface area contributed by atoms with Gasteiger partial charge in [-0.05, 0) is 50.3 Å². The van der Waals surface area contributed by atoms with Crippen molar-refractivity contribution in [3.05, 3.63) is 35.4 Å². The Balaban J connectivity index is 2.97. The van der Waals surface area contributed by atoms with Gasteiger partial charge in [-0.1, -0.05) is 19.1 Å². The Morgan fingerprint density at radius 3 is 2.67 bits per heavy atom. The molecule has 18 heavy (non-hydrogen) atoms. The van der Waals surface area contributed by atoms with Crippen molar-refractivity contribution < 1.29 is 4.21 Å². The molecule has 0 saturated carbocycles. The summed E-state index contributed by atoms with van der Waals surface area (Å²) >= 11 is 0. The highest BCUT2D eigenvalue weighted by Crippen LogP contribution is 2.31. The molecule has 2 N–H and O–H groups in total. The highest BCUT2D eigenvalue weighted by molar-refractivity contribution is 7.84. The Morgan fingerprint density at radius 2 is 2.17 bits per heavy atom. The summed E-state index contributed by atoms with van der Waals surface area (Å²) in [5.74, 6) is 0.279. The summed E-state index contributed by atoms with van der Waals surface area (Å²) in [6.07, 6.45) is 1.69. The molecule has 0 saturated heterocycles. The highest BCUT2D eigenvalue weighted by Gasteiger charge is 2.27. The Morgan fingerprint density at radius 1 is 1.50 bits per heavy atom. The first kappa shape index (κ1) is 14.9. The lowest BCUT2D eigenvalue weighted by Gasteiger charge is -2.27. The molecule has 0 heterocycles. The quantitative estimate of drug-likeness (QED) is 0.888. The maximum absolute atomic E-state index is 11.5. The normalized spacial score (nSPS) is 14.8. The van der Waals surface area contributed by atoms with Gasteiger partial charge in [0.25, 0.3) is 0 Å². The molecule has 0 aromatic heterocycles. The second-order valence-electron chi connectivity index (χ2n) is 5.10. The van der Waals surface area contributed by atoms with Gasteiger partial charge >= 0.3 is 0 Å². The highest BCUT2D eigenvalue weighted by atomic mass is 32.2.